The molecule has 16 heavy (non-hydrogen) atoms. The van der Waals surface area contributed by atoms with Crippen LogP contribution in [0.1, 0.15) is 39.0 Å². The zero-order valence-electron chi connectivity index (χ0n) is 9.57. The van der Waals surface area contributed by atoms with Gasteiger partial charge in [-0.1, -0.05) is 0 Å². The van der Waals surface area contributed by atoms with E-state index in [1.54, 1.807) is 0 Å². The zero-order valence-corrected chi connectivity index (χ0v) is 9.57. The van der Waals surface area contributed by atoms with Gasteiger partial charge in [0.25, 0.3) is 0 Å². The van der Waals surface area contributed by atoms with Crippen LogP contribution in [-0.4, -0.2) is 35.7 Å². The van der Waals surface area contributed by atoms with Crippen LogP contribution in [0.25, 0.3) is 0 Å². The highest BCUT2D eigenvalue weighted by molar-refractivity contribution is 5.83. The normalized spacial score (nSPS) is 22.4. The Balaban J connectivity index is 2.16. The number of nitrogens with one attached hydrogen (secondary N) is 1. The van der Waals surface area contributed by atoms with E-state index in [-0.39, 0.29) is 12.0 Å². The first-order chi connectivity index (χ1) is 7.59. The van der Waals surface area contributed by atoms with E-state index < -0.39 is 12.0 Å². The quantitative estimate of drug-likeness (QED) is 0.735. The summed E-state index contributed by atoms with van der Waals surface area (Å²) < 4.78 is 5.48. The molecule has 2 unspecified atom stereocenters. The van der Waals surface area contributed by atoms with Gasteiger partial charge in [0.1, 0.15) is 6.04 Å². The molecule has 0 spiro atoms. The van der Waals surface area contributed by atoms with E-state index in [1.807, 2.05) is 0 Å². The Morgan fingerprint density at radius 1 is 1.50 bits per heavy atom. The third-order valence-corrected chi connectivity index (χ3v) is 2.72. The van der Waals surface area contributed by atoms with Crippen LogP contribution in [-0.2, 0) is 14.3 Å². The fraction of sp³-hybridized carbons (Fsp3) is 0.818. The van der Waals surface area contributed by atoms with Crippen LogP contribution in [0, 0.1) is 0 Å². The Morgan fingerprint density at radius 2 is 2.25 bits per heavy atom. The van der Waals surface area contributed by atoms with Gasteiger partial charge in [0.05, 0.1) is 6.10 Å². The molecule has 0 aromatic rings. The van der Waals surface area contributed by atoms with Gasteiger partial charge in [-0.05, 0) is 32.6 Å². The number of amides is 1. The minimum atomic E-state index is -1.01. The molecular weight excluding hydrogens is 210 g/mol. The molecule has 92 valence electrons. The maximum absolute atomic E-state index is 11.4. The van der Waals surface area contributed by atoms with Crippen molar-refractivity contribution in [2.75, 3.05) is 6.61 Å². The van der Waals surface area contributed by atoms with Crippen molar-refractivity contribution in [1.82, 2.24) is 5.32 Å². The first-order valence-electron chi connectivity index (χ1n) is 5.73. The summed E-state index contributed by atoms with van der Waals surface area (Å²) in [6.07, 6.45) is 4.43. The molecule has 1 amide bonds. The first kappa shape index (κ1) is 13.0. The highest BCUT2D eigenvalue weighted by Gasteiger charge is 2.17. The van der Waals surface area contributed by atoms with E-state index in [2.05, 4.69) is 5.32 Å². The molecule has 0 bridgehead atoms. The van der Waals surface area contributed by atoms with Crippen LogP contribution in [0.2, 0.25) is 0 Å². The summed E-state index contributed by atoms with van der Waals surface area (Å²) >= 11 is 0. The SMILES string of the molecule is CC(NC(=O)CCC1CCCCO1)C(=O)O. The lowest BCUT2D eigenvalue weighted by Crippen LogP contribution is -2.38. The van der Waals surface area contributed by atoms with Gasteiger partial charge >= 0.3 is 5.97 Å². The van der Waals surface area contributed by atoms with E-state index in [0.717, 1.165) is 25.9 Å². The molecule has 1 rings (SSSR count). The topological polar surface area (TPSA) is 75.6 Å². The number of hydrogen-bond acceptors (Lipinski definition) is 3. The molecule has 1 heterocycles. The maximum Gasteiger partial charge on any atom is 0.325 e. The van der Waals surface area contributed by atoms with Gasteiger partial charge in [-0.2, -0.15) is 0 Å². The zero-order chi connectivity index (χ0) is 12.0. The summed E-state index contributed by atoms with van der Waals surface area (Å²) in [5.41, 5.74) is 0. The van der Waals surface area contributed by atoms with Gasteiger partial charge in [-0.3, -0.25) is 9.59 Å². The maximum atomic E-state index is 11.4. The number of aliphatic carboxylic acids is 1. The molecular formula is C11H19NO4. The summed E-state index contributed by atoms with van der Waals surface area (Å²) in [6, 6.07) is -0.820. The van der Waals surface area contributed by atoms with E-state index in [1.165, 1.54) is 6.92 Å². The van der Waals surface area contributed by atoms with Crippen molar-refractivity contribution in [3.63, 3.8) is 0 Å². The molecule has 1 fully saturated rings. The Hall–Kier alpha value is -1.10. The summed E-state index contributed by atoms with van der Waals surface area (Å²) in [4.78, 5) is 21.9. The first-order valence-corrected chi connectivity index (χ1v) is 5.73. The Kier molecular flexibility index (Phi) is 5.25. The van der Waals surface area contributed by atoms with Crippen molar-refractivity contribution >= 4 is 11.9 Å². The molecule has 5 nitrogen and oxygen atoms in total. The number of ether oxygens (including phenoxy) is 1. The lowest BCUT2D eigenvalue weighted by Gasteiger charge is -2.22. The van der Waals surface area contributed by atoms with Crippen LogP contribution >= 0.6 is 0 Å². The van der Waals surface area contributed by atoms with Crippen LogP contribution in [0.4, 0.5) is 0 Å². The average molecular weight is 229 g/mol. The second-order valence-electron chi connectivity index (χ2n) is 4.15. The number of carbonyl (C=O) groups excluding carboxylic acids is 1. The van der Waals surface area contributed by atoms with Gasteiger partial charge in [0, 0.05) is 13.0 Å². The van der Waals surface area contributed by atoms with Crippen molar-refractivity contribution in [3.05, 3.63) is 0 Å². The number of carbonyl (C=O) groups is 2. The van der Waals surface area contributed by atoms with Crippen molar-refractivity contribution in [3.8, 4) is 0 Å². The Bertz CT molecular complexity index is 248. The van der Waals surface area contributed by atoms with Gasteiger partial charge in [0.2, 0.25) is 5.91 Å². The largest absolute Gasteiger partial charge is 0.480 e. The van der Waals surface area contributed by atoms with Gasteiger partial charge in [-0.15, -0.1) is 0 Å². The summed E-state index contributed by atoms with van der Waals surface area (Å²) in [5, 5.41) is 11.0. The standard InChI is InChI=1S/C11H19NO4/c1-8(11(14)15)12-10(13)6-5-9-4-2-3-7-16-9/h8-9H,2-7H2,1H3,(H,12,13)(H,14,15). The molecule has 0 aromatic carbocycles. The fourth-order valence-electron chi connectivity index (χ4n) is 1.70. The van der Waals surface area contributed by atoms with Crippen molar-refractivity contribution in [2.24, 2.45) is 0 Å². The number of carboxylic acids is 1. The predicted octanol–water partition coefficient (Wildman–Crippen LogP) is 0.925. The number of rotatable bonds is 5. The molecule has 1 saturated heterocycles. The number of hydrogen-bond donors (Lipinski definition) is 2. The molecule has 0 saturated carbocycles. The van der Waals surface area contributed by atoms with Gasteiger partial charge in [0.15, 0.2) is 0 Å². The average Bonchev–Trinajstić information content (AvgIpc) is 2.27. The monoisotopic (exact) mass is 229 g/mol. The molecule has 1 aliphatic heterocycles. The van der Waals surface area contributed by atoms with Crippen LogP contribution in [0.15, 0.2) is 0 Å². The second-order valence-corrected chi connectivity index (χ2v) is 4.15. The fourth-order valence-corrected chi connectivity index (χ4v) is 1.70. The van der Waals surface area contributed by atoms with Crippen molar-refractivity contribution < 1.29 is 19.4 Å². The molecule has 2 N–H and O–H groups in total. The van der Waals surface area contributed by atoms with Crippen molar-refractivity contribution in [2.45, 2.75) is 51.2 Å². The highest BCUT2D eigenvalue weighted by atomic mass is 16.5. The highest BCUT2D eigenvalue weighted by Crippen LogP contribution is 2.16. The summed E-state index contributed by atoms with van der Waals surface area (Å²) in [7, 11) is 0. The second kappa shape index (κ2) is 6.48. The number of carboxylic acid groups (broad SMARTS) is 1. The molecule has 0 radical (unpaired) electrons. The Morgan fingerprint density at radius 3 is 2.81 bits per heavy atom. The molecule has 1 aliphatic rings. The van der Waals surface area contributed by atoms with E-state index in [0.29, 0.717) is 12.8 Å². The van der Waals surface area contributed by atoms with E-state index in [9.17, 15) is 9.59 Å². The minimum Gasteiger partial charge on any atom is -0.480 e. The Labute approximate surface area is 95.2 Å². The van der Waals surface area contributed by atoms with Crippen LogP contribution in [0.3, 0.4) is 0 Å². The van der Waals surface area contributed by atoms with Crippen LogP contribution in [0.5, 0.6) is 0 Å². The third-order valence-electron chi connectivity index (χ3n) is 2.72. The molecule has 0 aliphatic carbocycles. The van der Waals surface area contributed by atoms with Gasteiger partial charge < -0.3 is 15.2 Å². The minimum absolute atomic E-state index is 0.166. The summed E-state index contributed by atoms with van der Waals surface area (Å²) in [5.74, 6) is -1.23. The lowest BCUT2D eigenvalue weighted by molar-refractivity contribution is -0.141. The van der Waals surface area contributed by atoms with Crippen molar-refractivity contribution in [1.29, 1.82) is 0 Å². The smallest absolute Gasteiger partial charge is 0.325 e. The summed E-state index contributed by atoms with van der Waals surface area (Å²) in [6.45, 7) is 2.23. The van der Waals surface area contributed by atoms with Gasteiger partial charge in [-0.25, -0.2) is 0 Å². The molecule has 0 aromatic heterocycles. The molecule has 5 heteroatoms. The third kappa shape index (κ3) is 4.61. The van der Waals surface area contributed by atoms with E-state index in [4.69, 9.17) is 9.84 Å². The van der Waals surface area contributed by atoms with Crippen LogP contribution < -0.4 is 5.32 Å². The van der Waals surface area contributed by atoms with E-state index >= 15 is 0 Å². The predicted molar refractivity (Wildman–Crippen MR) is 58.1 cm³/mol. The lowest BCUT2D eigenvalue weighted by atomic mass is 10.0. The molecule has 2 atom stereocenters.